The van der Waals surface area contributed by atoms with Gasteiger partial charge in [0.25, 0.3) is 0 Å². The second-order valence-electron chi connectivity index (χ2n) is 7.09. The summed E-state index contributed by atoms with van der Waals surface area (Å²) in [4.78, 5) is 23.4. The molecule has 2 aromatic rings. The molecule has 0 saturated carbocycles. The molecular weight excluding hydrogens is 362 g/mol. The second kappa shape index (κ2) is 8.77. The second-order valence-corrected chi connectivity index (χ2v) is 8.21. The van der Waals surface area contributed by atoms with E-state index < -0.39 is 0 Å². The van der Waals surface area contributed by atoms with E-state index in [9.17, 15) is 4.79 Å². The molecule has 0 bridgehead atoms. The zero-order chi connectivity index (χ0) is 19.4. The van der Waals surface area contributed by atoms with Crippen LogP contribution >= 0.6 is 11.3 Å². The van der Waals surface area contributed by atoms with Gasteiger partial charge in [-0.05, 0) is 20.8 Å². The number of nitrogens with zero attached hydrogens (tertiary/aromatic N) is 3. The molecule has 2 atom stereocenters. The summed E-state index contributed by atoms with van der Waals surface area (Å²) >= 11 is 1.53. The third-order valence-corrected chi connectivity index (χ3v) is 5.38. The lowest BCUT2D eigenvalue weighted by Crippen LogP contribution is -2.56. The number of carbonyl (C=O) groups is 1. The Morgan fingerprint density at radius 3 is 2.85 bits per heavy atom. The van der Waals surface area contributed by atoms with E-state index in [-0.39, 0.29) is 11.9 Å². The van der Waals surface area contributed by atoms with Gasteiger partial charge in [0.1, 0.15) is 12.4 Å². The summed E-state index contributed by atoms with van der Waals surface area (Å²) in [7, 11) is 0. The molecule has 0 aliphatic carbocycles. The number of hydrogen-bond donors (Lipinski definition) is 2. The predicted molar refractivity (Wildman–Crippen MR) is 107 cm³/mol. The van der Waals surface area contributed by atoms with Crippen molar-refractivity contribution in [3.63, 3.8) is 0 Å². The SMILES string of the molecule is CC(=O)Nc1ncc(CN2CC(COc3cc(C)nc(C)c3)NC[C@@H]2C)s1. The summed E-state index contributed by atoms with van der Waals surface area (Å²) in [6, 6.07) is 4.63. The molecular formula is C19H27N5O2S. The van der Waals surface area contributed by atoms with Crippen molar-refractivity contribution < 1.29 is 9.53 Å². The van der Waals surface area contributed by atoms with Gasteiger partial charge in [0.15, 0.2) is 5.13 Å². The number of anilines is 1. The fourth-order valence-corrected chi connectivity index (χ4v) is 4.08. The van der Waals surface area contributed by atoms with Crippen LogP contribution in [-0.2, 0) is 11.3 Å². The molecule has 1 aliphatic rings. The molecule has 2 N–H and O–H groups in total. The Kier molecular flexibility index (Phi) is 6.41. The zero-order valence-corrected chi connectivity index (χ0v) is 17.1. The zero-order valence-electron chi connectivity index (χ0n) is 16.3. The van der Waals surface area contributed by atoms with Crippen LogP contribution in [0.1, 0.15) is 30.1 Å². The van der Waals surface area contributed by atoms with Gasteiger partial charge in [0.05, 0.1) is 6.04 Å². The molecule has 8 heteroatoms. The van der Waals surface area contributed by atoms with Crippen LogP contribution < -0.4 is 15.4 Å². The van der Waals surface area contributed by atoms with Crippen LogP contribution in [0.25, 0.3) is 0 Å². The van der Waals surface area contributed by atoms with Gasteiger partial charge in [-0.15, -0.1) is 11.3 Å². The average Bonchev–Trinajstić information content (AvgIpc) is 3.01. The Morgan fingerprint density at radius 2 is 2.15 bits per heavy atom. The topological polar surface area (TPSA) is 79.4 Å². The molecule has 0 aromatic carbocycles. The number of nitrogens with one attached hydrogen (secondary N) is 2. The van der Waals surface area contributed by atoms with Crippen LogP contribution in [0.2, 0.25) is 0 Å². The van der Waals surface area contributed by atoms with Crippen LogP contribution in [0.4, 0.5) is 5.13 Å². The number of aryl methyl sites for hydroxylation is 2. The molecule has 3 heterocycles. The Bertz CT molecular complexity index is 774. The monoisotopic (exact) mass is 389 g/mol. The van der Waals surface area contributed by atoms with Crippen LogP contribution in [0, 0.1) is 13.8 Å². The van der Waals surface area contributed by atoms with E-state index in [2.05, 4.69) is 32.4 Å². The standard InChI is InChI=1S/C19H27N5O2S/c1-12-5-17(6-13(2)22-12)26-11-16-9-24(14(3)7-20-16)10-18-8-21-19(27-18)23-15(4)25/h5-6,8,14,16,20H,7,9-11H2,1-4H3,(H,21,23,25)/t14-,16?/m0/s1. The van der Waals surface area contributed by atoms with Gasteiger partial charge >= 0.3 is 0 Å². The summed E-state index contributed by atoms with van der Waals surface area (Å²) in [5, 5.41) is 6.96. The first-order chi connectivity index (χ1) is 12.9. The number of amides is 1. The Labute approximate surface area is 164 Å². The quantitative estimate of drug-likeness (QED) is 0.790. The van der Waals surface area contributed by atoms with Crippen molar-refractivity contribution in [2.75, 3.05) is 25.0 Å². The largest absolute Gasteiger partial charge is 0.492 e. The highest BCUT2D eigenvalue weighted by atomic mass is 32.1. The molecule has 1 unspecified atom stereocenters. The van der Waals surface area contributed by atoms with Gasteiger partial charge in [-0.25, -0.2) is 4.98 Å². The highest BCUT2D eigenvalue weighted by molar-refractivity contribution is 7.15. The van der Waals surface area contributed by atoms with Crippen molar-refractivity contribution in [1.82, 2.24) is 20.2 Å². The third-order valence-electron chi connectivity index (χ3n) is 4.48. The summed E-state index contributed by atoms with van der Waals surface area (Å²) in [6.45, 7) is 10.9. The summed E-state index contributed by atoms with van der Waals surface area (Å²) < 4.78 is 6.00. The lowest BCUT2D eigenvalue weighted by Gasteiger charge is -2.38. The molecule has 0 spiro atoms. The molecule has 146 valence electrons. The predicted octanol–water partition coefficient (Wildman–Crippen LogP) is 2.35. The molecule has 1 aliphatic heterocycles. The van der Waals surface area contributed by atoms with E-state index in [0.717, 1.165) is 41.6 Å². The van der Waals surface area contributed by atoms with E-state index in [1.165, 1.54) is 18.3 Å². The first-order valence-electron chi connectivity index (χ1n) is 9.17. The van der Waals surface area contributed by atoms with Crippen molar-refractivity contribution in [3.8, 4) is 5.75 Å². The molecule has 0 radical (unpaired) electrons. The van der Waals surface area contributed by atoms with Crippen LogP contribution in [0.3, 0.4) is 0 Å². The van der Waals surface area contributed by atoms with Crippen molar-refractivity contribution in [1.29, 1.82) is 0 Å². The van der Waals surface area contributed by atoms with Crippen molar-refractivity contribution in [2.24, 2.45) is 0 Å². The molecule has 27 heavy (non-hydrogen) atoms. The lowest BCUT2D eigenvalue weighted by atomic mass is 10.1. The minimum atomic E-state index is -0.0924. The fraction of sp³-hybridized carbons (Fsp3) is 0.526. The van der Waals surface area contributed by atoms with Crippen LogP contribution in [0.5, 0.6) is 5.75 Å². The maximum atomic E-state index is 11.2. The number of carbonyl (C=O) groups excluding carboxylic acids is 1. The first kappa shape index (κ1) is 19.7. The number of rotatable bonds is 6. The molecule has 1 fully saturated rings. The number of hydrogen-bond acceptors (Lipinski definition) is 7. The number of ether oxygens (including phenoxy) is 1. The number of piperazine rings is 1. The van der Waals surface area contributed by atoms with Gasteiger partial charge in [-0.3, -0.25) is 14.7 Å². The normalized spacial score (nSPS) is 20.4. The van der Waals surface area contributed by atoms with Gasteiger partial charge in [0.2, 0.25) is 5.91 Å². The van der Waals surface area contributed by atoms with Crippen molar-refractivity contribution in [2.45, 2.75) is 46.3 Å². The van der Waals surface area contributed by atoms with Gasteiger partial charge < -0.3 is 15.4 Å². The van der Waals surface area contributed by atoms with E-state index >= 15 is 0 Å². The molecule has 3 rings (SSSR count). The minimum absolute atomic E-state index is 0.0924. The molecule has 2 aromatic heterocycles. The number of pyridine rings is 1. The number of aromatic nitrogens is 2. The minimum Gasteiger partial charge on any atom is -0.492 e. The van der Waals surface area contributed by atoms with Crippen LogP contribution in [-0.4, -0.2) is 52.6 Å². The molecule has 1 saturated heterocycles. The number of thiazole rings is 1. The Morgan fingerprint density at radius 1 is 1.41 bits per heavy atom. The maximum absolute atomic E-state index is 11.2. The maximum Gasteiger partial charge on any atom is 0.223 e. The third kappa shape index (κ3) is 5.72. The van der Waals surface area contributed by atoms with E-state index in [0.29, 0.717) is 17.8 Å². The van der Waals surface area contributed by atoms with Gasteiger partial charge in [0, 0.05) is 67.2 Å². The van der Waals surface area contributed by atoms with E-state index in [1.54, 1.807) is 0 Å². The van der Waals surface area contributed by atoms with Gasteiger partial charge in [-0.2, -0.15) is 0 Å². The summed E-state index contributed by atoms with van der Waals surface area (Å²) in [5.41, 5.74) is 1.94. The average molecular weight is 390 g/mol. The van der Waals surface area contributed by atoms with Crippen molar-refractivity contribution >= 4 is 22.4 Å². The highest BCUT2D eigenvalue weighted by Crippen LogP contribution is 2.22. The fourth-order valence-electron chi connectivity index (χ4n) is 3.19. The summed E-state index contributed by atoms with van der Waals surface area (Å²) in [5.74, 6) is 0.777. The molecule has 1 amide bonds. The summed E-state index contributed by atoms with van der Waals surface area (Å²) in [6.07, 6.45) is 1.85. The molecule has 7 nitrogen and oxygen atoms in total. The van der Waals surface area contributed by atoms with E-state index in [4.69, 9.17) is 4.74 Å². The smallest absolute Gasteiger partial charge is 0.223 e. The highest BCUT2D eigenvalue weighted by Gasteiger charge is 2.26. The first-order valence-corrected chi connectivity index (χ1v) is 9.98. The Hall–Kier alpha value is -2.03. The Balaban J connectivity index is 1.55. The van der Waals surface area contributed by atoms with Gasteiger partial charge in [-0.1, -0.05) is 0 Å². The lowest BCUT2D eigenvalue weighted by molar-refractivity contribution is -0.114. The van der Waals surface area contributed by atoms with Crippen LogP contribution in [0.15, 0.2) is 18.3 Å². The van der Waals surface area contributed by atoms with E-state index in [1.807, 2.05) is 32.2 Å². The van der Waals surface area contributed by atoms with Crippen molar-refractivity contribution in [3.05, 3.63) is 34.6 Å².